The molecular formula is C18H36N2O. The highest BCUT2D eigenvalue weighted by Gasteiger charge is 2.37. The zero-order chi connectivity index (χ0) is 15.3. The molecule has 2 fully saturated rings. The van der Waals surface area contributed by atoms with Gasteiger partial charge in [-0.1, -0.05) is 33.6 Å². The average molecular weight is 296 g/mol. The second kappa shape index (κ2) is 7.94. The Morgan fingerprint density at radius 3 is 2.76 bits per heavy atom. The van der Waals surface area contributed by atoms with Crippen LogP contribution in [-0.2, 0) is 0 Å². The third-order valence-corrected chi connectivity index (χ3v) is 5.28. The topological polar surface area (TPSA) is 35.5 Å². The summed E-state index contributed by atoms with van der Waals surface area (Å²) in [7, 11) is 0. The Labute approximate surface area is 131 Å². The third-order valence-electron chi connectivity index (χ3n) is 5.28. The van der Waals surface area contributed by atoms with Crippen LogP contribution >= 0.6 is 0 Å². The maximum absolute atomic E-state index is 9.94. The minimum absolute atomic E-state index is 0.0968. The fraction of sp³-hybridized carbons (Fsp3) is 1.00. The summed E-state index contributed by atoms with van der Waals surface area (Å²) in [4.78, 5) is 2.53. The van der Waals surface area contributed by atoms with E-state index in [1.807, 2.05) is 0 Å². The van der Waals surface area contributed by atoms with E-state index in [1.165, 1.54) is 38.8 Å². The Hall–Kier alpha value is -0.120. The van der Waals surface area contributed by atoms with Crippen LogP contribution in [0.5, 0.6) is 0 Å². The second-order valence-corrected chi connectivity index (χ2v) is 8.26. The Morgan fingerprint density at radius 1 is 1.29 bits per heavy atom. The Bertz CT molecular complexity index is 308. The van der Waals surface area contributed by atoms with Gasteiger partial charge in [0.2, 0.25) is 0 Å². The van der Waals surface area contributed by atoms with Crippen LogP contribution in [0.15, 0.2) is 0 Å². The van der Waals surface area contributed by atoms with E-state index in [1.54, 1.807) is 0 Å². The molecule has 1 saturated heterocycles. The molecule has 3 atom stereocenters. The van der Waals surface area contributed by atoms with Gasteiger partial charge in [-0.25, -0.2) is 0 Å². The summed E-state index contributed by atoms with van der Waals surface area (Å²) in [5.74, 6) is 1.58. The van der Waals surface area contributed by atoms with E-state index < -0.39 is 0 Å². The van der Waals surface area contributed by atoms with E-state index in [0.717, 1.165) is 44.3 Å². The molecule has 0 spiro atoms. The first kappa shape index (κ1) is 17.2. The van der Waals surface area contributed by atoms with Crippen molar-refractivity contribution < 1.29 is 5.11 Å². The Kier molecular flexibility index (Phi) is 6.51. The third kappa shape index (κ3) is 5.54. The van der Waals surface area contributed by atoms with Crippen LogP contribution in [0.2, 0.25) is 0 Å². The molecule has 1 heterocycles. The molecule has 0 aromatic carbocycles. The van der Waals surface area contributed by atoms with E-state index in [0.29, 0.717) is 5.41 Å². The lowest BCUT2D eigenvalue weighted by atomic mass is 9.69. The predicted molar refractivity (Wildman–Crippen MR) is 89.5 cm³/mol. The molecule has 0 radical (unpaired) electrons. The molecule has 2 rings (SSSR count). The van der Waals surface area contributed by atoms with Gasteiger partial charge in [-0.3, -0.25) is 0 Å². The molecule has 2 aliphatic rings. The largest absolute Gasteiger partial charge is 0.392 e. The standard InChI is InChI=1S/C18H36N2O/c1-15(2)11-19-13-18(8-4-6-16(3)10-18)14-20-9-5-7-17(21)12-20/h15-17,19,21H,4-14H2,1-3H3. The quantitative estimate of drug-likeness (QED) is 0.791. The molecule has 2 N–H and O–H groups in total. The number of piperidine rings is 1. The van der Waals surface area contributed by atoms with Gasteiger partial charge in [-0.05, 0) is 56.0 Å². The lowest BCUT2D eigenvalue weighted by Crippen LogP contribution is -2.50. The summed E-state index contributed by atoms with van der Waals surface area (Å²) in [5, 5.41) is 13.7. The number of aliphatic hydroxyl groups excluding tert-OH is 1. The molecule has 0 aromatic heterocycles. The van der Waals surface area contributed by atoms with Gasteiger partial charge >= 0.3 is 0 Å². The maximum atomic E-state index is 9.94. The molecule has 124 valence electrons. The first-order valence-electron chi connectivity index (χ1n) is 9.10. The van der Waals surface area contributed by atoms with E-state index >= 15 is 0 Å². The molecule has 1 aliphatic heterocycles. The molecule has 3 unspecified atom stereocenters. The number of likely N-dealkylation sites (tertiary alicyclic amines) is 1. The Balaban J connectivity index is 1.93. The SMILES string of the molecule is CC(C)CNCC1(CN2CCCC(O)C2)CCCC(C)C1. The van der Waals surface area contributed by atoms with Crippen LogP contribution < -0.4 is 5.32 Å². The summed E-state index contributed by atoms with van der Waals surface area (Å²) in [6, 6.07) is 0. The first-order valence-corrected chi connectivity index (χ1v) is 9.10. The van der Waals surface area contributed by atoms with Crippen molar-refractivity contribution in [2.45, 2.75) is 65.4 Å². The average Bonchev–Trinajstić information content (AvgIpc) is 2.38. The normalized spacial score (nSPS) is 35.3. The van der Waals surface area contributed by atoms with Crippen molar-refractivity contribution in [2.75, 3.05) is 32.7 Å². The van der Waals surface area contributed by atoms with Crippen molar-refractivity contribution in [3.8, 4) is 0 Å². The number of rotatable bonds is 6. The van der Waals surface area contributed by atoms with Gasteiger partial charge < -0.3 is 15.3 Å². The second-order valence-electron chi connectivity index (χ2n) is 8.26. The fourth-order valence-electron chi connectivity index (χ4n) is 4.40. The molecule has 0 bridgehead atoms. The monoisotopic (exact) mass is 296 g/mol. The van der Waals surface area contributed by atoms with E-state index in [9.17, 15) is 5.11 Å². The van der Waals surface area contributed by atoms with E-state index in [2.05, 4.69) is 31.0 Å². The fourth-order valence-corrected chi connectivity index (χ4v) is 4.40. The van der Waals surface area contributed by atoms with E-state index in [-0.39, 0.29) is 6.10 Å². The van der Waals surface area contributed by atoms with Gasteiger partial charge in [-0.2, -0.15) is 0 Å². The predicted octanol–water partition coefficient (Wildman–Crippen LogP) is 2.89. The number of nitrogens with zero attached hydrogens (tertiary/aromatic N) is 1. The molecule has 1 aliphatic carbocycles. The molecule has 1 saturated carbocycles. The van der Waals surface area contributed by atoms with Crippen LogP contribution in [0.1, 0.15) is 59.3 Å². The van der Waals surface area contributed by atoms with Crippen molar-refractivity contribution in [1.82, 2.24) is 10.2 Å². The lowest BCUT2D eigenvalue weighted by molar-refractivity contribution is 0.0230. The lowest BCUT2D eigenvalue weighted by Gasteiger charge is -2.45. The van der Waals surface area contributed by atoms with Gasteiger partial charge in [0.05, 0.1) is 6.10 Å². The highest BCUT2D eigenvalue weighted by atomic mass is 16.3. The zero-order valence-corrected chi connectivity index (χ0v) is 14.4. The highest BCUT2D eigenvalue weighted by molar-refractivity contribution is 4.91. The van der Waals surface area contributed by atoms with Gasteiger partial charge in [-0.15, -0.1) is 0 Å². The Morgan fingerprint density at radius 2 is 2.10 bits per heavy atom. The summed E-state index contributed by atoms with van der Waals surface area (Å²) >= 11 is 0. The van der Waals surface area contributed by atoms with E-state index in [4.69, 9.17) is 0 Å². The van der Waals surface area contributed by atoms with Crippen molar-refractivity contribution >= 4 is 0 Å². The van der Waals surface area contributed by atoms with Crippen LogP contribution in [0.25, 0.3) is 0 Å². The van der Waals surface area contributed by atoms with Crippen molar-refractivity contribution in [3.63, 3.8) is 0 Å². The maximum Gasteiger partial charge on any atom is 0.0667 e. The molecule has 21 heavy (non-hydrogen) atoms. The number of β-amino-alcohol motifs (C(OH)–C–C–N with tert-alkyl or cyclic N) is 1. The number of hydrogen-bond acceptors (Lipinski definition) is 3. The highest BCUT2D eigenvalue weighted by Crippen LogP contribution is 2.40. The van der Waals surface area contributed by atoms with Crippen LogP contribution in [0, 0.1) is 17.3 Å². The molecule has 0 amide bonds. The summed E-state index contributed by atoms with van der Waals surface area (Å²) in [5.41, 5.74) is 0.434. The first-order chi connectivity index (χ1) is 9.99. The smallest absolute Gasteiger partial charge is 0.0667 e. The zero-order valence-electron chi connectivity index (χ0n) is 14.4. The number of nitrogens with one attached hydrogen (secondary N) is 1. The van der Waals surface area contributed by atoms with Gasteiger partial charge in [0, 0.05) is 19.6 Å². The van der Waals surface area contributed by atoms with Gasteiger partial charge in [0.1, 0.15) is 0 Å². The number of aliphatic hydroxyl groups is 1. The molecular weight excluding hydrogens is 260 g/mol. The summed E-state index contributed by atoms with van der Waals surface area (Å²) < 4.78 is 0. The van der Waals surface area contributed by atoms with Gasteiger partial charge in [0.15, 0.2) is 0 Å². The summed E-state index contributed by atoms with van der Waals surface area (Å²) in [6.45, 7) is 12.5. The van der Waals surface area contributed by atoms with Crippen molar-refractivity contribution in [1.29, 1.82) is 0 Å². The molecule has 3 heteroatoms. The minimum Gasteiger partial charge on any atom is -0.392 e. The van der Waals surface area contributed by atoms with Crippen LogP contribution in [0.3, 0.4) is 0 Å². The van der Waals surface area contributed by atoms with Gasteiger partial charge in [0.25, 0.3) is 0 Å². The summed E-state index contributed by atoms with van der Waals surface area (Å²) in [6.07, 6.45) is 7.54. The van der Waals surface area contributed by atoms with Crippen LogP contribution in [-0.4, -0.2) is 48.8 Å². The van der Waals surface area contributed by atoms with Crippen molar-refractivity contribution in [3.05, 3.63) is 0 Å². The minimum atomic E-state index is -0.0968. The molecule has 0 aromatic rings. The van der Waals surface area contributed by atoms with Crippen molar-refractivity contribution in [2.24, 2.45) is 17.3 Å². The molecule has 3 nitrogen and oxygen atoms in total. The number of hydrogen-bond donors (Lipinski definition) is 2. The van der Waals surface area contributed by atoms with Crippen LogP contribution in [0.4, 0.5) is 0 Å².